The van der Waals surface area contributed by atoms with Crippen molar-refractivity contribution in [3.63, 3.8) is 0 Å². The van der Waals surface area contributed by atoms with Crippen molar-refractivity contribution >= 4 is 5.82 Å². The smallest absolute Gasteiger partial charge is 0.135 e. The van der Waals surface area contributed by atoms with Crippen molar-refractivity contribution < 1.29 is 0 Å². The summed E-state index contributed by atoms with van der Waals surface area (Å²) >= 11 is 0. The first-order valence-corrected chi connectivity index (χ1v) is 7.13. The fraction of sp³-hybridized carbons (Fsp3) is 0.375. The summed E-state index contributed by atoms with van der Waals surface area (Å²) in [6.45, 7) is 2.09. The first kappa shape index (κ1) is 13.1. The monoisotopic (exact) mass is 268 g/mol. The summed E-state index contributed by atoms with van der Waals surface area (Å²) in [5.74, 6) is 1.94. The van der Waals surface area contributed by atoms with Crippen molar-refractivity contribution in [2.45, 2.75) is 18.9 Å². The number of hydrogen-bond acceptors (Lipinski definition) is 4. The van der Waals surface area contributed by atoms with Gasteiger partial charge in [-0.15, -0.1) is 0 Å². The van der Waals surface area contributed by atoms with Gasteiger partial charge in [0.15, 0.2) is 0 Å². The number of nitrogens with one attached hydrogen (secondary N) is 1. The Bertz CT molecular complexity index is 555. The molecule has 1 aliphatic rings. The number of likely N-dealkylation sites (N-methyl/N-ethyl adjacent to an activating group) is 1. The molecule has 0 amide bonds. The predicted molar refractivity (Wildman–Crippen MR) is 81.0 cm³/mol. The van der Waals surface area contributed by atoms with Crippen LogP contribution in [0.1, 0.15) is 17.8 Å². The van der Waals surface area contributed by atoms with Gasteiger partial charge in [0.2, 0.25) is 0 Å². The van der Waals surface area contributed by atoms with E-state index < -0.39 is 0 Å². The van der Waals surface area contributed by atoms with Crippen molar-refractivity contribution in [1.29, 1.82) is 0 Å². The van der Waals surface area contributed by atoms with Crippen LogP contribution in [0.25, 0.3) is 0 Å². The molecule has 1 saturated heterocycles. The molecular formula is C16H20N4. The lowest BCUT2D eigenvalue weighted by atomic mass is 10.1. The third-order valence-electron chi connectivity index (χ3n) is 3.82. The van der Waals surface area contributed by atoms with Gasteiger partial charge in [0.25, 0.3) is 0 Å². The Morgan fingerprint density at radius 1 is 1.25 bits per heavy atom. The number of anilines is 1. The van der Waals surface area contributed by atoms with Crippen molar-refractivity contribution in [1.82, 2.24) is 15.3 Å². The second-order valence-electron chi connectivity index (χ2n) is 5.21. The van der Waals surface area contributed by atoms with E-state index in [0.29, 0.717) is 6.04 Å². The summed E-state index contributed by atoms with van der Waals surface area (Å²) < 4.78 is 0. The van der Waals surface area contributed by atoms with Gasteiger partial charge >= 0.3 is 0 Å². The molecule has 20 heavy (non-hydrogen) atoms. The Hall–Kier alpha value is -1.94. The van der Waals surface area contributed by atoms with E-state index in [0.717, 1.165) is 31.2 Å². The third-order valence-corrected chi connectivity index (χ3v) is 3.82. The van der Waals surface area contributed by atoms with Crippen LogP contribution in [0.5, 0.6) is 0 Å². The number of benzene rings is 1. The van der Waals surface area contributed by atoms with Crippen molar-refractivity contribution in [2.24, 2.45) is 0 Å². The molecule has 1 aliphatic heterocycles. The second kappa shape index (κ2) is 6.01. The van der Waals surface area contributed by atoms with Gasteiger partial charge < -0.3 is 10.2 Å². The van der Waals surface area contributed by atoms with Crippen LogP contribution in [-0.4, -0.2) is 36.1 Å². The van der Waals surface area contributed by atoms with Crippen LogP contribution in [0.4, 0.5) is 5.82 Å². The second-order valence-corrected chi connectivity index (χ2v) is 5.21. The quantitative estimate of drug-likeness (QED) is 0.919. The number of aromatic nitrogens is 2. The highest BCUT2D eigenvalue weighted by molar-refractivity contribution is 5.39. The first-order valence-electron chi connectivity index (χ1n) is 7.13. The SMILES string of the molecule is CN[C@@H]1CCN(c2ccnc(Cc3ccccc3)n2)C1. The summed E-state index contributed by atoms with van der Waals surface area (Å²) in [4.78, 5) is 11.4. The molecule has 1 aromatic carbocycles. The Balaban J connectivity index is 1.73. The van der Waals surface area contributed by atoms with Crippen molar-refractivity contribution in [3.8, 4) is 0 Å². The zero-order valence-electron chi connectivity index (χ0n) is 11.8. The molecule has 0 bridgehead atoms. The molecule has 4 nitrogen and oxygen atoms in total. The molecule has 0 saturated carbocycles. The highest BCUT2D eigenvalue weighted by Gasteiger charge is 2.22. The van der Waals surface area contributed by atoms with E-state index in [1.165, 1.54) is 12.0 Å². The van der Waals surface area contributed by atoms with Crippen LogP contribution in [0.15, 0.2) is 42.6 Å². The lowest BCUT2D eigenvalue weighted by Crippen LogP contribution is -2.30. The molecule has 0 spiro atoms. The first-order chi connectivity index (χ1) is 9.85. The minimum absolute atomic E-state index is 0.572. The van der Waals surface area contributed by atoms with Gasteiger partial charge in [-0.05, 0) is 25.1 Å². The Labute approximate surface area is 119 Å². The maximum atomic E-state index is 4.71. The average molecular weight is 268 g/mol. The molecule has 0 aliphatic carbocycles. The lowest BCUT2D eigenvalue weighted by Gasteiger charge is -2.17. The van der Waals surface area contributed by atoms with E-state index in [-0.39, 0.29) is 0 Å². The van der Waals surface area contributed by atoms with Crippen molar-refractivity contribution in [2.75, 3.05) is 25.0 Å². The Kier molecular flexibility index (Phi) is 3.92. The Morgan fingerprint density at radius 2 is 2.10 bits per heavy atom. The van der Waals surface area contributed by atoms with Gasteiger partial charge in [0.1, 0.15) is 11.6 Å². The topological polar surface area (TPSA) is 41.0 Å². The third kappa shape index (κ3) is 2.96. The summed E-state index contributed by atoms with van der Waals surface area (Å²) in [6.07, 6.45) is 3.83. The van der Waals surface area contributed by atoms with Gasteiger partial charge in [-0.3, -0.25) is 0 Å². The largest absolute Gasteiger partial charge is 0.355 e. The summed E-state index contributed by atoms with van der Waals surface area (Å²) in [7, 11) is 2.02. The van der Waals surface area contributed by atoms with Gasteiger partial charge in [0.05, 0.1) is 0 Å². The minimum Gasteiger partial charge on any atom is -0.355 e. The van der Waals surface area contributed by atoms with Crippen molar-refractivity contribution in [3.05, 3.63) is 54.0 Å². The fourth-order valence-electron chi connectivity index (χ4n) is 2.63. The van der Waals surface area contributed by atoms with Crippen LogP contribution in [0, 0.1) is 0 Å². The zero-order valence-corrected chi connectivity index (χ0v) is 11.8. The van der Waals surface area contributed by atoms with E-state index in [9.17, 15) is 0 Å². The summed E-state index contributed by atoms with van der Waals surface area (Å²) in [6, 6.07) is 12.9. The molecule has 2 heterocycles. The van der Waals surface area contributed by atoms with Crippen LogP contribution in [0.2, 0.25) is 0 Å². The molecule has 0 radical (unpaired) electrons. The van der Waals surface area contributed by atoms with Gasteiger partial charge in [0, 0.05) is 31.7 Å². The Morgan fingerprint density at radius 3 is 2.85 bits per heavy atom. The van der Waals surface area contributed by atoms with E-state index in [1.54, 1.807) is 0 Å². The maximum absolute atomic E-state index is 4.71. The molecule has 2 aromatic rings. The highest BCUT2D eigenvalue weighted by atomic mass is 15.2. The van der Waals surface area contributed by atoms with Gasteiger partial charge in [-0.2, -0.15) is 0 Å². The molecule has 104 valence electrons. The molecule has 1 fully saturated rings. The van der Waals surface area contributed by atoms with Crippen LogP contribution < -0.4 is 10.2 Å². The van der Waals surface area contributed by atoms with E-state index in [4.69, 9.17) is 4.98 Å². The number of hydrogen-bond donors (Lipinski definition) is 1. The highest BCUT2D eigenvalue weighted by Crippen LogP contribution is 2.18. The summed E-state index contributed by atoms with van der Waals surface area (Å²) in [5, 5.41) is 3.33. The summed E-state index contributed by atoms with van der Waals surface area (Å²) in [5.41, 5.74) is 1.25. The number of rotatable bonds is 4. The predicted octanol–water partition coefficient (Wildman–Crippen LogP) is 1.87. The lowest BCUT2D eigenvalue weighted by molar-refractivity contribution is 0.616. The van der Waals surface area contributed by atoms with E-state index in [1.807, 2.05) is 25.4 Å². The fourth-order valence-corrected chi connectivity index (χ4v) is 2.63. The van der Waals surface area contributed by atoms with Crippen LogP contribution in [-0.2, 0) is 6.42 Å². The van der Waals surface area contributed by atoms with Crippen LogP contribution >= 0.6 is 0 Å². The molecular weight excluding hydrogens is 248 g/mol. The minimum atomic E-state index is 0.572. The number of nitrogens with zero attached hydrogens (tertiary/aromatic N) is 3. The molecule has 1 aromatic heterocycles. The normalized spacial score (nSPS) is 18.4. The maximum Gasteiger partial charge on any atom is 0.135 e. The molecule has 1 atom stereocenters. The zero-order chi connectivity index (χ0) is 13.8. The van der Waals surface area contributed by atoms with Gasteiger partial charge in [-0.1, -0.05) is 30.3 Å². The average Bonchev–Trinajstić information content (AvgIpc) is 2.98. The molecule has 0 unspecified atom stereocenters. The standard InChI is InChI=1S/C16H20N4/c1-17-14-8-10-20(12-14)16-7-9-18-15(19-16)11-13-5-3-2-4-6-13/h2-7,9,14,17H,8,10-12H2,1H3/t14-/m1/s1. The molecule has 3 rings (SSSR count). The van der Waals surface area contributed by atoms with Crippen LogP contribution in [0.3, 0.4) is 0 Å². The van der Waals surface area contributed by atoms with E-state index >= 15 is 0 Å². The molecule has 1 N–H and O–H groups in total. The van der Waals surface area contributed by atoms with E-state index in [2.05, 4.69) is 39.5 Å². The molecule has 4 heteroatoms. The van der Waals surface area contributed by atoms with Gasteiger partial charge in [-0.25, -0.2) is 9.97 Å².